The van der Waals surface area contributed by atoms with E-state index in [0.29, 0.717) is 10.0 Å². The van der Waals surface area contributed by atoms with Crippen molar-refractivity contribution in [2.45, 2.75) is 6.54 Å². The molecule has 2 aromatic rings. The molecule has 0 atom stereocenters. The third-order valence-electron chi connectivity index (χ3n) is 2.18. The summed E-state index contributed by atoms with van der Waals surface area (Å²) in [4.78, 5) is 13.6. The Kier molecular flexibility index (Phi) is 3.39. The Hall–Kier alpha value is -1.47. The lowest BCUT2D eigenvalue weighted by molar-refractivity contribution is 0.626. The van der Waals surface area contributed by atoms with E-state index in [1.165, 1.54) is 10.7 Å². The Labute approximate surface area is 107 Å². The summed E-state index contributed by atoms with van der Waals surface area (Å²) in [5.41, 5.74) is 1.12. The molecule has 2 rings (SSSR count). The second kappa shape index (κ2) is 4.80. The van der Waals surface area contributed by atoms with Crippen molar-refractivity contribution in [3.63, 3.8) is 0 Å². The van der Waals surface area contributed by atoms with Gasteiger partial charge in [0.25, 0.3) is 5.56 Å². The smallest absolute Gasteiger partial charge is 0.269 e. The van der Waals surface area contributed by atoms with Crippen molar-refractivity contribution >= 4 is 28.8 Å². The fourth-order valence-electron chi connectivity index (χ4n) is 1.22. The number of anilines is 1. The molecule has 0 unspecified atom stereocenters. The molecule has 2 aromatic heterocycles. The topological polar surface area (TPSA) is 63.9 Å². The summed E-state index contributed by atoms with van der Waals surface area (Å²) in [5, 5.41) is 7.89. The van der Waals surface area contributed by atoms with Crippen molar-refractivity contribution in [3.05, 3.63) is 32.6 Å². The Morgan fingerprint density at radius 3 is 2.82 bits per heavy atom. The first kappa shape index (κ1) is 12.0. The molecule has 0 saturated heterocycles. The van der Waals surface area contributed by atoms with Crippen LogP contribution in [0.15, 0.2) is 17.1 Å². The molecule has 6 nitrogen and oxygen atoms in total. The molecule has 0 spiro atoms. The third-order valence-corrected chi connectivity index (χ3v) is 3.16. The molecule has 90 valence electrons. The van der Waals surface area contributed by atoms with Gasteiger partial charge in [-0.1, -0.05) is 16.1 Å². The highest BCUT2D eigenvalue weighted by atomic mass is 35.5. The predicted octanol–water partition coefficient (Wildman–Crippen LogP) is 0.862. The zero-order valence-electron chi connectivity index (χ0n) is 9.29. The average molecular weight is 272 g/mol. The van der Waals surface area contributed by atoms with Gasteiger partial charge in [-0.25, -0.2) is 4.68 Å². The van der Waals surface area contributed by atoms with E-state index in [-0.39, 0.29) is 12.1 Å². The number of nitrogens with zero attached hydrogens (tertiary/aromatic N) is 5. The fourth-order valence-corrected chi connectivity index (χ4v) is 1.83. The third kappa shape index (κ3) is 2.62. The lowest BCUT2D eigenvalue weighted by Gasteiger charge is -2.11. The van der Waals surface area contributed by atoms with E-state index in [1.54, 1.807) is 6.20 Å². The summed E-state index contributed by atoms with van der Waals surface area (Å²) in [6.07, 6.45) is 1.62. The molecule has 0 radical (unpaired) electrons. The highest BCUT2D eigenvalue weighted by Crippen LogP contribution is 2.17. The molecule has 0 aliphatic heterocycles. The molecule has 2 heterocycles. The summed E-state index contributed by atoms with van der Waals surface area (Å²) < 4.78 is 5.48. The monoisotopic (exact) mass is 271 g/mol. The van der Waals surface area contributed by atoms with E-state index < -0.39 is 0 Å². The summed E-state index contributed by atoms with van der Waals surface area (Å²) in [6.45, 7) is 0.238. The lowest BCUT2D eigenvalue weighted by Crippen LogP contribution is -2.24. The van der Waals surface area contributed by atoms with Crippen LogP contribution in [0.4, 0.5) is 5.69 Å². The maximum Gasteiger partial charge on any atom is 0.269 e. The van der Waals surface area contributed by atoms with Crippen molar-refractivity contribution in [3.8, 4) is 0 Å². The van der Waals surface area contributed by atoms with E-state index in [4.69, 9.17) is 11.6 Å². The van der Waals surface area contributed by atoms with Crippen molar-refractivity contribution in [1.29, 1.82) is 0 Å². The molecule has 0 N–H and O–H groups in total. The molecule has 17 heavy (non-hydrogen) atoms. The number of hydrogen-bond donors (Lipinski definition) is 0. The van der Waals surface area contributed by atoms with Crippen LogP contribution >= 0.6 is 23.1 Å². The van der Waals surface area contributed by atoms with Crippen LogP contribution in [-0.2, 0) is 6.54 Å². The van der Waals surface area contributed by atoms with Gasteiger partial charge in [-0.2, -0.15) is 5.10 Å². The standard InChI is InChI=1S/C9H10ClN5OS/c1-14(2)6-3-8(16)15(11-4-6)5-7-9(10)17-13-12-7/h3-4H,5H2,1-2H3. The first-order valence-electron chi connectivity index (χ1n) is 4.79. The van der Waals surface area contributed by atoms with Crippen molar-refractivity contribution in [1.82, 2.24) is 19.4 Å². The van der Waals surface area contributed by atoms with E-state index >= 15 is 0 Å². The molecule has 0 aliphatic carbocycles. The molecule has 0 aromatic carbocycles. The van der Waals surface area contributed by atoms with Gasteiger partial charge >= 0.3 is 0 Å². The van der Waals surface area contributed by atoms with Gasteiger partial charge in [0.1, 0.15) is 10.0 Å². The first-order valence-corrected chi connectivity index (χ1v) is 5.94. The molecule has 0 fully saturated rings. The van der Waals surface area contributed by atoms with Crippen molar-refractivity contribution in [2.24, 2.45) is 0 Å². The molecular formula is C9H10ClN5OS. The Balaban J connectivity index is 2.29. The van der Waals surface area contributed by atoms with Gasteiger partial charge in [0, 0.05) is 31.7 Å². The normalized spacial score (nSPS) is 10.5. The van der Waals surface area contributed by atoms with Crippen LogP contribution in [0.5, 0.6) is 0 Å². The highest BCUT2D eigenvalue weighted by Gasteiger charge is 2.08. The first-order chi connectivity index (χ1) is 8.08. The number of aromatic nitrogens is 4. The van der Waals surface area contributed by atoms with E-state index in [9.17, 15) is 4.79 Å². The molecule has 0 amide bonds. The quantitative estimate of drug-likeness (QED) is 0.829. The van der Waals surface area contributed by atoms with Crippen LogP contribution in [-0.4, -0.2) is 33.5 Å². The minimum Gasteiger partial charge on any atom is -0.376 e. The van der Waals surface area contributed by atoms with Gasteiger partial charge in [0.05, 0.1) is 18.4 Å². The maximum absolute atomic E-state index is 11.8. The number of hydrogen-bond acceptors (Lipinski definition) is 6. The second-order valence-electron chi connectivity index (χ2n) is 3.60. The van der Waals surface area contributed by atoms with Crippen LogP contribution in [0.1, 0.15) is 5.69 Å². The largest absolute Gasteiger partial charge is 0.376 e. The van der Waals surface area contributed by atoms with Crippen LogP contribution in [0.2, 0.25) is 4.34 Å². The summed E-state index contributed by atoms with van der Waals surface area (Å²) in [5.74, 6) is 0. The van der Waals surface area contributed by atoms with Gasteiger partial charge < -0.3 is 4.90 Å². The van der Waals surface area contributed by atoms with Gasteiger partial charge in [0.15, 0.2) is 0 Å². The molecule has 0 aliphatic rings. The lowest BCUT2D eigenvalue weighted by atomic mass is 10.4. The van der Waals surface area contributed by atoms with Crippen LogP contribution in [0.25, 0.3) is 0 Å². The summed E-state index contributed by atoms with van der Waals surface area (Å²) >= 11 is 6.96. The highest BCUT2D eigenvalue weighted by molar-refractivity contribution is 7.10. The summed E-state index contributed by atoms with van der Waals surface area (Å²) in [6, 6.07) is 1.51. The van der Waals surface area contributed by atoms with Crippen LogP contribution in [0.3, 0.4) is 0 Å². The van der Waals surface area contributed by atoms with E-state index in [2.05, 4.69) is 14.7 Å². The fraction of sp³-hybridized carbons (Fsp3) is 0.333. The predicted molar refractivity (Wildman–Crippen MR) is 66.8 cm³/mol. The van der Waals surface area contributed by atoms with Gasteiger partial charge in [-0.15, -0.1) is 5.10 Å². The minimum absolute atomic E-state index is 0.194. The van der Waals surface area contributed by atoms with Gasteiger partial charge in [-0.05, 0) is 0 Å². The SMILES string of the molecule is CN(C)c1cnn(Cc2nnsc2Cl)c(=O)c1. The van der Waals surface area contributed by atoms with Gasteiger partial charge in [-0.3, -0.25) is 4.79 Å². The Morgan fingerprint density at radius 2 is 2.29 bits per heavy atom. The number of rotatable bonds is 3. The Morgan fingerprint density at radius 1 is 1.53 bits per heavy atom. The van der Waals surface area contributed by atoms with Crippen LogP contribution in [0, 0.1) is 0 Å². The molecule has 0 bridgehead atoms. The Bertz CT molecular complexity index is 579. The zero-order chi connectivity index (χ0) is 12.4. The van der Waals surface area contributed by atoms with E-state index in [1.807, 2.05) is 19.0 Å². The maximum atomic E-state index is 11.8. The number of halogens is 1. The average Bonchev–Trinajstić information content (AvgIpc) is 2.67. The van der Waals surface area contributed by atoms with E-state index in [0.717, 1.165) is 17.2 Å². The molecular weight excluding hydrogens is 262 g/mol. The molecule has 8 heteroatoms. The van der Waals surface area contributed by atoms with Gasteiger partial charge in [0.2, 0.25) is 0 Å². The summed E-state index contributed by atoms with van der Waals surface area (Å²) in [7, 11) is 3.70. The van der Waals surface area contributed by atoms with Crippen molar-refractivity contribution < 1.29 is 0 Å². The van der Waals surface area contributed by atoms with Crippen LogP contribution < -0.4 is 10.5 Å². The zero-order valence-corrected chi connectivity index (χ0v) is 10.9. The molecule has 0 saturated carbocycles. The second-order valence-corrected chi connectivity index (χ2v) is 4.95. The minimum atomic E-state index is -0.194. The van der Waals surface area contributed by atoms with Crippen molar-refractivity contribution in [2.75, 3.05) is 19.0 Å².